The van der Waals surface area contributed by atoms with Gasteiger partial charge in [-0.1, -0.05) is 18.6 Å². The third-order valence-electron chi connectivity index (χ3n) is 3.12. The van der Waals surface area contributed by atoms with Crippen LogP contribution in [0.5, 0.6) is 0 Å². The van der Waals surface area contributed by atoms with Gasteiger partial charge in [-0.2, -0.15) is 13.2 Å². The lowest BCUT2D eigenvalue weighted by Crippen LogP contribution is -2.17. The monoisotopic (exact) mass is 289 g/mol. The topological polar surface area (TPSA) is 63.3 Å². The van der Waals surface area contributed by atoms with Crippen molar-refractivity contribution in [1.82, 2.24) is 0 Å². The number of carboxylic acid groups (broad SMARTS) is 1. The molecule has 0 aliphatic carbocycles. The van der Waals surface area contributed by atoms with E-state index in [1.165, 1.54) is 12.1 Å². The summed E-state index contributed by atoms with van der Waals surface area (Å²) in [6.07, 6.45) is -2.21. The minimum atomic E-state index is -4.37. The molecular weight excluding hydrogens is 271 g/mol. The molecule has 1 aromatic rings. The number of benzene rings is 1. The van der Waals surface area contributed by atoms with E-state index in [-0.39, 0.29) is 6.42 Å². The lowest BCUT2D eigenvalue weighted by Gasteiger charge is -2.13. The Kier molecular flexibility index (Phi) is 6.01. The molecule has 0 aromatic heterocycles. The maximum Gasteiger partial charge on any atom is 0.416 e. The Bertz CT molecular complexity index is 429. The summed E-state index contributed by atoms with van der Waals surface area (Å²) in [6, 6.07) is 4.63. The Morgan fingerprint density at radius 3 is 2.25 bits per heavy atom. The Hall–Kier alpha value is -1.56. The van der Waals surface area contributed by atoms with Crippen molar-refractivity contribution in [2.45, 2.75) is 31.9 Å². The van der Waals surface area contributed by atoms with Crippen LogP contribution in [0.1, 0.15) is 30.4 Å². The van der Waals surface area contributed by atoms with Crippen molar-refractivity contribution in [3.05, 3.63) is 35.4 Å². The molecule has 0 saturated heterocycles. The molecule has 0 heterocycles. The summed E-state index contributed by atoms with van der Waals surface area (Å²) < 4.78 is 37.2. The fraction of sp³-hybridized carbons (Fsp3) is 0.500. The van der Waals surface area contributed by atoms with E-state index < -0.39 is 23.6 Å². The predicted molar refractivity (Wildman–Crippen MR) is 69.2 cm³/mol. The van der Waals surface area contributed by atoms with Crippen molar-refractivity contribution >= 4 is 5.97 Å². The number of nitrogens with two attached hydrogens (primary N) is 1. The fourth-order valence-electron chi connectivity index (χ4n) is 1.96. The first-order chi connectivity index (χ1) is 9.34. The van der Waals surface area contributed by atoms with Crippen LogP contribution < -0.4 is 5.73 Å². The van der Waals surface area contributed by atoms with Crippen LogP contribution in [0, 0.1) is 5.92 Å². The molecule has 3 N–H and O–H groups in total. The van der Waals surface area contributed by atoms with Gasteiger partial charge in [0.2, 0.25) is 0 Å². The zero-order valence-corrected chi connectivity index (χ0v) is 11.0. The zero-order valence-electron chi connectivity index (χ0n) is 11.0. The van der Waals surface area contributed by atoms with Crippen LogP contribution in [-0.2, 0) is 17.4 Å². The summed E-state index contributed by atoms with van der Waals surface area (Å²) in [5.74, 6) is -1.51. The lowest BCUT2D eigenvalue weighted by molar-refractivity contribution is -0.142. The summed E-state index contributed by atoms with van der Waals surface area (Å²) in [6.45, 7) is 0.507. The number of hydrogen-bond donors (Lipinski definition) is 2. The molecule has 0 fully saturated rings. The number of rotatable bonds is 7. The third-order valence-corrected chi connectivity index (χ3v) is 3.12. The highest BCUT2D eigenvalue weighted by molar-refractivity contribution is 5.70. The predicted octanol–water partition coefficient (Wildman–Crippen LogP) is 3.08. The smallest absolute Gasteiger partial charge is 0.416 e. The van der Waals surface area contributed by atoms with E-state index in [4.69, 9.17) is 10.8 Å². The first-order valence-corrected chi connectivity index (χ1v) is 6.43. The average Bonchev–Trinajstić information content (AvgIpc) is 2.37. The van der Waals surface area contributed by atoms with Crippen LogP contribution >= 0.6 is 0 Å². The quantitative estimate of drug-likeness (QED) is 0.758. The van der Waals surface area contributed by atoms with E-state index in [0.29, 0.717) is 24.9 Å². The van der Waals surface area contributed by atoms with Gasteiger partial charge in [0.15, 0.2) is 0 Å². The minimum Gasteiger partial charge on any atom is -0.481 e. The van der Waals surface area contributed by atoms with Gasteiger partial charge in [0.1, 0.15) is 0 Å². The SMILES string of the molecule is NCCCCC(Cc1ccc(C(F)(F)F)cc1)C(=O)O. The van der Waals surface area contributed by atoms with Gasteiger partial charge in [-0.05, 0) is 43.5 Å². The van der Waals surface area contributed by atoms with Gasteiger partial charge in [0.05, 0.1) is 11.5 Å². The van der Waals surface area contributed by atoms with E-state index in [9.17, 15) is 18.0 Å². The maximum absolute atomic E-state index is 12.4. The number of hydrogen-bond acceptors (Lipinski definition) is 2. The van der Waals surface area contributed by atoms with Crippen LogP contribution in [-0.4, -0.2) is 17.6 Å². The maximum atomic E-state index is 12.4. The molecule has 1 aromatic carbocycles. The molecule has 0 spiro atoms. The van der Waals surface area contributed by atoms with Crippen molar-refractivity contribution in [3.8, 4) is 0 Å². The van der Waals surface area contributed by atoms with E-state index >= 15 is 0 Å². The second kappa shape index (κ2) is 7.28. The molecule has 0 amide bonds. The number of aliphatic carboxylic acids is 1. The minimum absolute atomic E-state index is 0.234. The molecule has 3 nitrogen and oxygen atoms in total. The van der Waals surface area contributed by atoms with Crippen LogP contribution in [0.15, 0.2) is 24.3 Å². The second-order valence-electron chi connectivity index (χ2n) is 4.72. The Morgan fingerprint density at radius 1 is 1.20 bits per heavy atom. The average molecular weight is 289 g/mol. The van der Waals surface area contributed by atoms with E-state index in [0.717, 1.165) is 18.6 Å². The largest absolute Gasteiger partial charge is 0.481 e. The van der Waals surface area contributed by atoms with Gasteiger partial charge in [-0.15, -0.1) is 0 Å². The molecule has 0 bridgehead atoms. The van der Waals surface area contributed by atoms with Crippen LogP contribution in [0.3, 0.4) is 0 Å². The molecule has 1 unspecified atom stereocenters. The zero-order chi connectivity index (χ0) is 15.2. The summed E-state index contributed by atoms with van der Waals surface area (Å²) in [5, 5.41) is 9.11. The molecular formula is C14H18F3NO2. The van der Waals surface area contributed by atoms with E-state index in [1.54, 1.807) is 0 Å². The van der Waals surface area contributed by atoms with Crippen LogP contribution in [0.2, 0.25) is 0 Å². The molecule has 6 heteroatoms. The molecule has 0 saturated carbocycles. The highest BCUT2D eigenvalue weighted by Gasteiger charge is 2.30. The molecule has 0 aliphatic rings. The van der Waals surface area contributed by atoms with E-state index in [1.807, 2.05) is 0 Å². The number of halogens is 3. The first kappa shape index (κ1) is 16.5. The summed E-state index contributed by atoms with van der Waals surface area (Å²) in [4.78, 5) is 11.1. The third kappa shape index (κ3) is 5.21. The van der Waals surface area contributed by atoms with Gasteiger partial charge < -0.3 is 10.8 Å². The molecule has 0 radical (unpaired) electrons. The number of carbonyl (C=O) groups is 1. The summed E-state index contributed by atoms with van der Waals surface area (Å²) >= 11 is 0. The molecule has 1 atom stereocenters. The molecule has 1 rings (SSSR count). The Morgan fingerprint density at radius 2 is 1.80 bits per heavy atom. The van der Waals surface area contributed by atoms with Gasteiger partial charge >= 0.3 is 12.1 Å². The Balaban J connectivity index is 2.67. The second-order valence-corrected chi connectivity index (χ2v) is 4.72. The molecule has 20 heavy (non-hydrogen) atoms. The van der Waals surface area contributed by atoms with Crippen molar-refractivity contribution in [2.75, 3.05) is 6.54 Å². The van der Waals surface area contributed by atoms with Gasteiger partial charge in [0.25, 0.3) is 0 Å². The van der Waals surface area contributed by atoms with Crippen molar-refractivity contribution < 1.29 is 23.1 Å². The highest BCUT2D eigenvalue weighted by atomic mass is 19.4. The van der Waals surface area contributed by atoms with Crippen LogP contribution in [0.25, 0.3) is 0 Å². The van der Waals surface area contributed by atoms with Gasteiger partial charge in [-0.25, -0.2) is 0 Å². The van der Waals surface area contributed by atoms with Crippen LogP contribution in [0.4, 0.5) is 13.2 Å². The molecule has 112 valence electrons. The van der Waals surface area contributed by atoms with Gasteiger partial charge in [0, 0.05) is 0 Å². The summed E-state index contributed by atoms with van der Waals surface area (Å²) in [5.41, 5.74) is 5.22. The summed E-state index contributed by atoms with van der Waals surface area (Å²) in [7, 11) is 0. The van der Waals surface area contributed by atoms with Crippen molar-refractivity contribution in [3.63, 3.8) is 0 Å². The van der Waals surface area contributed by atoms with Crippen molar-refractivity contribution in [2.24, 2.45) is 11.7 Å². The Labute approximate surface area is 115 Å². The van der Waals surface area contributed by atoms with Gasteiger partial charge in [-0.3, -0.25) is 4.79 Å². The number of alkyl halides is 3. The lowest BCUT2D eigenvalue weighted by atomic mass is 9.93. The number of carboxylic acids is 1. The standard InChI is InChI=1S/C14H18F3NO2/c15-14(16,17)12-6-4-10(5-7-12)9-11(13(19)20)3-1-2-8-18/h4-7,11H,1-3,8-9,18H2,(H,19,20). The normalized spacial score (nSPS) is 13.2. The molecule has 0 aliphatic heterocycles. The fourth-order valence-corrected chi connectivity index (χ4v) is 1.96. The first-order valence-electron chi connectivity index (χ1n) is 6.43. The highest BCUT2D eigenvalue weighted by Crippen LogP contribution is 2.29. The van der Waals surface area contributed by atoms with Crippen molar-refractivity contribution in [1.29, 1.82) is 0 Å². The number of unbranched alkanes of at least 4 members (excludes halogenated alkanes) is 1. The van der Waals surface area contributed by atoms with E-state index in [2.05, 4.69) is 0 Å².